The highest BCUT2D eigenvalue weighted by molar-refractivity contribution is 7.71. The molecule has 0 fully saturated rings. The van der Waals surface area contributed by atoms with Crippen LogP contribution in [0.1, 0.15) is 24.2 Å². The third-order valence-corrected chi connectivity index (χ3v) is 2.92. The molecule has 16 heavy (non-hydrogen) atoms. The van der Waals surface area contributed by atoms with Crippen molar-refractivity contribution in [3.63, 3.8) is 0 Å². The summed E-state index contributed by atoms with van der Waals surface area (Å²) >= 11 is 5.19. The first-order valence-electron chi connectivity index (χ1n) is 5.03. The van der Waals surface area contributed by atoms with Gasteiger partial charge in [-0.25, -0.2) is 0 Å². The van der Waals surface area contributed by atoms with Crippen LogP contribution in [0.4, 0.5) is 0 Å². The maximum Gasteiger partial charge on any atom is 0.177 e. The van der Waals surface area contributed by atoms with Crippen LogP contribution in [0.15, 0.2) is 30.7 Å². The van der Waals surface area contributed by atoms with Crippen LogP contribution in [0.25, 0.3) is 0 Å². The van der Waals surface area contributed by atoms with Crippen LogP contribution < -0.4 is 0 Å². The molecule has 2 N–H and O–H groups in total. The van der Waals surface area contributed by atoms with Gasteiger partial charge in [0.05, 0.1) is 18.3 Å². The van der Waals surface area contributed by atoms with Crippen molar-refractivity contribution in [3.8, 4) is 0 Å². The Morgan fingerprint density at radius 1 is 1.62 bits per heavy atom. The van der Waals surface area contributed by atoms with E-state index in [4.69, 9.17) is 12.2 Å². The molecule has 0 aliphatic heterocycles. The Labute approximate surface area is 98.6 Å². The largest absolute Gasteiger partial charge is 0.390 e. The van der Waals surface area contributed by atoms with Gasteiger partial charge in [-0.3, -0.25) is 4.98 Å². The lowest BCUT2D eigenvalue weighted by Gasteiger charge is -2.15. The average Bonchev–Trinajstić information content (AvgIpc) is 2.70. The van der Waals surface area contributed by atoms with Gasteiger partial charge in [0, 0.05) is 18.6 Å². The summed E-state index contributed by atoms with van der Waals surface area (Å²) in [5.41, 5.74) is 1.84. The zero-order chi connectivity index (χ0) is 11.5. The Balaban J connectivity index is 2.45. The molecule has 4 nitrogen and oxygen atoms in total. The van der Waals surface area contributed by atoms with Crippen LogP contribution in [-0.2, 0) is 6.61 Å². The molecule has 0 amide bonds. The molecule has 0 aromatic carbocycles. The number of nitrogens with one attached hydrogen (secondary N) is 1. The van der Waals surface area contributed by atoms with E-state index in [1.807, 2.05) is 23.6 Å². The maximum atomic E-state index is 9.22. The number of aromatic amines is 1. The number of imidazole rings is 1. The van der Waals surface area contributed by atoms with E-state index in [9.17, 15) is 5.11 Å². The lowest BCUT2D eigenvalue weighted by Crippen LogP contribution is -2.10. The van der Waals surface area contributed by atoms with Crippen LogP contribution in [0.3, 0.4) is 0 Å². The molecular weight excluding hydrogens is 222 g/mol. The number of hydrogen-bond donors (Lipinski definition) is 2. The van der Waals surface area contributed by atoms with Crippen molar-refractivity contribution in [1.29, 1.82) is 0 Å². The Morgan fingerprint density at radius 2 is 2.44 bits per heavy atom. The summed E-state index contributed by atoms with van der Waals surface area (Å²) in [6.07, 6.45) is 5.27. The first-order valence-corrected chi connectivity index (χ1v) is 5.44. The van der Waals surface area contributed by atoms with Crippen molar-refractivity contribution >= 4 is 12.2 Å². The van der Waals surface area contributed by atoms with Crippen molar-refractivity contribution in [2.45, 2.75) is 19.6 Å². The van der Waals surface area contributed by atoms with Gasteiger partial charge in [-0.05, 0) is 30.8 Å². The Bertz CT molecular complexity index is 518. The van der Waals surface area contributed by atoms with Gasteiger partial charge in [-0.15, -0.1) is 0 Å². The molecule has 2 rings (SSSR count). The summed E-state index contributed by atoms with van der Waals surface area (Å²) in [7, 11) is 0. The van der Waals surface area contributed by atoms with Crippen molar-refractivity contribution < 1.29 is 5.11 Å². The summed E-state index contributed by atoms with van der Waals surface area (Å²) in [6, 6.07) is 3.95. The molecule has 0 saturated carbocycles. The highest BCUT2D eigenvalue weighted by Crippen LogP contribution is 2.19. The molecule has 2 aromatic rings. The predicted octanol–water partition coefficient (Wildman–Crippen LogP) is 2.04. The molecule has 2 aromatic heterocycles. The van der Waals surface area contributed by atoms with E-state index >= 15 is 0 Å². The fraction of sp³-hybridized carbons (Fsp3) is 0.273. The SMILES string of the molecule is CC(c1cccnc1)n1c(CO)c[nH]c1=S. The average molecular weight is 235 g/mol. The molecule has 0 spiro atoms. The summed E-state index contributed by atoms with van der Waals surface area (Å²) < 4.78 is 2.51. The van der Waals surface area contributed by atoms with E-state index in [2.05, 4.69) is 9.97 Å². The molecular formula is C11H13N3OS. The Hall–Kier alpha value is -1.46. The smallest absolute Gasteiger partial charge is 0.177 e. The zero-order valence-corrected chi connectivity index (χ0v) is 9.74. The predicted molar refractivity (Wildman–Crippen MR) is 63.6 cm³/mol. The molecule has 0 aliphatic rings. The number of aliphatic hydroxyl groups excluding tert-OH is 1. The van der Waals surface area contributed by atoms with Crippen LogP contribution in [0.2, 0.25) is 0 Å². The lowest BCUT2D eigenvalue weighted by atomic mass is 10.1. The molecule has 84 valence electrons. The highest BCUT2D eigenvalue weighted by Gasteiger charge is 2.12. The van der Waals surface area contributed by atoms with E-state index in [-0.39, 0.29) is 12.6 Å². The van der Waals surface area contributed by atoms with Crippen LogP contribution >= 0.6 is 12.2 Å². The van der Waals surface area contributed by atoms with Gasteiger partial charge in [-0.2, -0.15) is 0 Å². The van der Waals surface area contributed by atoms with E-state index in [0.29, 0.717) is 4.77 Å². The first-order chi connectivity index (χ1) is 7.74. The fourth-order valence-electron chi connectivity index (χ4n) is 1.73. The van der Waals surface area contributed by atoms with Crippen molar-refractivity contribution in [3.05, 3.63) is 46.8 Å². The van der Waals surface area contributed by atoms with Crippen molar-refractivity contribution in [2.24, 2.45) is 0 Å². The van der Waals surface area contributed by atoms with E-state index in [1.165, 1.54) is 0 Å². The van der Waals surface area contributed by atoms with Crippen molar-refractivity contribution in [2.75, 3.05) is 0 Å². The van der Waals surface area contributed by atoms with Crippen LogP contribution in [0.5, 0.6) is 0 Å². The monoisotopic (exact) mass is 235 g/mol. The standard InChI is InChI=1S/C11H13N3OS/c1-8(9-3-2-4-12-5-9)14-10(7-15)6-13-11(14)16/h2-6,8,15H,7H2,1H3,(H,13,16). The quantitative estimate of drug-likeness (QED) is 0.800. The number of aliphatic hydroxyl groups is 1. The van der Waals surface area contributed by atoms with Gasteiger partial charge < -0.3 is 14.7 Å². The highest BCUT2D eigenvalue weighted by atomic mass is 32.1. The second-order valence-electron chi connectivity index (χ2n) is 3.58. The Kier molecular flexibility index (Phi) is 3.17. The van der Waals surface area contributed by atoms with Gasteiger partial charge in [0.25, 0.3) is 0 Å². The third kappa shape index (κ3) is 1.91. The van der Waals surface area contributed by atoms with Crippen LogP contribution in [0, 0.1) is 4.77 Å². The first kappa shape index (κ1) is 11.0. The van der Waals surface area contributed by atoms with E-state index in [1.54, 1.807) is 18.6 Å². The lowest BCUT2D eigenvalue weighted by molar-refractivity contribution is 0.269. The van der Waals surface area contributed by atoms with Crippen LogP contribution in [-0.4, -0.2) is 19.6 Å². The molecule has 5 heteroatoms. The minimum atomic E-state index is -0.0300. The summed E-state index contributed by atoms with van der Waals surface area (Å²) in [5.74, 6) is 0. The molecule has 0 saturated heterocycles. The van der Waals surface area contributed by atoms with Gasteiger partial charge in [0.15, 0.2) is 4.77 Å². The molecule has 1 atom stereocenters. The van der Waals surface area contributed by atoms with Gasteiger partial charge in [-0.1, -0.05) is 6.07 Å². The third-order valence-electron chi connectivity index (χ3n) is 2.61. The Morgan fingerprint density at radius 3 is 3.06 bits per heavy atom. The second kappa shape index (κ2) is 4.59. The fourth-order valence-corrected chi connectivity index (χ4v) is 2.07. The summed E-state index contributed by atoms with van der Waals surface area (Å²) in [4.78, 5) is 7.02. The van der Waals surface area contributed by atoms with Gasteiger partial charge in [0.1, 0.15) is 0 Å². The number of hydrogen-bond acceptors (Lipinski definition) is 3. The molecule has 1 unspecified atom stereocenters. The topological polar surface area (TPSA) is 53.8 Å². The van der Waals surface area contributed by atoms with E-state index in [0.717, 1.165) is 11.3 Å². The molecule has 0 radical (unpaired) electrons. The number of H-pyrrole nitrogens is 1. The summed E-state index contributed by atoms with van der Waals surface area (Å²) in [5, 5.41) is 9.22. The van der Waals surface area contributed by atoms with Gasteiger partial charge >= 0.3 is 0 Å². The molecule has 0 bridgehead atoms. The van der Waals surface area contributed by atoms with E-state index < -0.39 is 0 Å². The zero-order valence-electron chi connectivity index (χ0n) is 8.92. The minimum Gasteiger partial charge on any atom is -0.390 e. The number of rotatable bonds is 3. The number of pyridine rings is 1. The molecule has 2 heterocycles. The normalized spacial score (nSPS) is 12.6. The minimum absolute atomic E-state index is 0.0300. The maximum absolute atomic E-state index is 9.22. The number of aromatic nitrogens is 3. The summed E-state index contributed by atoms with van der Waals surface area (Å²) in [6.45, 7) is 2.00. The second-order valence-corrected chi connectivity index (χ2v) is 3.96. The van der Waals surface area contributed by atoms with Crippen molar-refractivity contribution in [1.82, 2.24) is 14.5 Å². The molecule has 0 aliphatic carbocycles. The van der Waals surface area contributed by atoms with Gasteiger partial charge in [0.2, 0.25) is 0 Å². The number of nitrogens with zero attached hydrogens (tertiary/aromatic N) is 2.